The van der Waals surface area contributed by atoms with E-state index in [-0.39, 0.29) is 29.4 Å². The van der Waals surface area contributed by atoms with E-state index < -0.39 is 23.1 Å². The van der Waals surface area contributed by atoms with Crippen LogP contribution in [0.1, 0.15) is 35.4 Å². The Bertz CT molecular complexity index is 1710. The first-order chi connectivity index (χ1) is 19.8. The molecule has 212 valence electrons. The van der Waals surface area contributed by atoms with Crippen LogP contribution in [0.3, 0.4) is 0 Å². The van der Waals surface area contributed by atoms with Crippen LogP contribution in [0.15, 0.2) is 59.3 Å². The number of ether oxygens (including phenoxy) is 1. The number of aryl methyl sites for hydroxylation is 1. The first kappa shape index (κ1) is 27.1. The summed E-state index contributed by atoms with van der Waals surface area (Å²) in [4.78, 5) is 4.46. The molecule has 0 radical (unpaired) electrons. The summed E-state index contributed by atoms with van der Waals surface area (Å²) in [5.74, 6) is -0.483. The van der Waals surface area contributed by atoms with Crippen LogP contribution in [-0.2, 0) is 24.5 Å². The lowest BCUT2D eigenvalue weighted by atomic mass is 9.90. The Morgan fingerprint density at radius 3 is 2.54 bits per heavy atom. The Morgan fingerprint density at radius 2 is 1.88 bits per heavy atom. The van der Waals surface area contributed by atoms with Gasteiger partial charge >= 0.3 is 6.18 Å². The number of nitrogens with one attached hydrogen (secondary N) is 1. The number of fused-ring (bicyclic) bond motifs is 1. The molecule has 1 fully saturated rings. The van der Waals surface area contributed by atoms with Crippen molar-refractivity contribution in [3.05, 3.63) is 77.4 Å². The fraction of sp³-hybridized carbons (Fsp3) is 0.300. The lowest BCUT2D eigenvalue weighted by Crippen LogP contribution is -2.19. The normalized spacial score (nSPS) is 13.8. The number of alkyl halides is 3. The lowest BCUT2D eigenvalue weighted by Gasteiger charge is -2.17. The molecule has 1 aliphatic carbocycles. The topological polar surface area (TPSA) is 78.0 Å². The zero-order valence-corrected chi connectivity index (χ0v) is 22.4. The molecule has 11 heteroatoms. The van der Waals surface area contributed by atoms with Gasteiger partial charge in [0.05, 0.1) is 12.2 Å². The van der Waals surface area contributed by atoms with Gasteiger partial charge in [0.1, 0.15) is 23.2 Å². The molecule has 41 heavy (non-hydrogen) atoms. The summed E-state index contributed by atoms with van der Waals surface area (Å²) in [5, 5.41) is 11.3. The third-order valence-electron chi connectivity index (χ3n) is 7.21. The summed E-state index contributed by atoms with van der Waals surface area (Å²) in [6.07, 6.45) is -1.59. The van der Waals surface area contributed by atoms with E-state index in [1.165, 1.54) is 12.4 Å². The van der Waals surface area contributed by atoms with Crippen LogP contribution in [0.5, 0.6) is 0 Å². The molecule has 0 aliphatic heterocycles. The van der Waals surface area contributed by atoms with E-state index in [1.54, 1.807) is 18.7 Å². The lowest BCUT2D eigenvalue weighted by molar-refractivity contribution is -0.136. The summed E-state index contributed by atoms with van der Waals surface area (Å²) in [6.45, 7) is 1.04. The van der Waals surface area contributed by atoms with Gasteiger partial charge in [0.25, 0.3) is 0 Å². The zero-order valence-electron chi connectivity index (χ0n) is 22.4. The van der Waals surface area contributed by atoms with E-state index in [0.717, 1.165) is 24.5 Å². The Balaban J connectivity index is 1.61. The standard InChI is InChI=1S/C30H27F4N5O2/c1-39-16-36-38-28(39)24-20(18-6-4-3-5-7-18)14-21(19-8-9-19)26(31)25(24)29-37-23-13-17(15-35-10-11-40-2)12-22(27(23)41-29)30(32,33)34/h3-7,12-14,16,19,35H,8-11,15H2,1-2H3. The van der Waals surface area contributed by atoms with E-state index in [2.05, 4.69) is 20.5 Å². The number of rotatable bonds is 9. The number of halogens is 4. The van der Waals surface area contributed by atoms with Crippen molar-refractivity contribution in [3.8, 4) is 34.0 Å². The third-order valence-corrected chi connectivity index (χ3v) is 7.21. The van der Waals surface area contributed by atoms with Gasteiger partial charge < -0.3 is 19.0 Å². The summed E-state index contributed by atoms with van der Waals surface area (Å²) in [5.41, 5.74) is 1.19. The Kier molecular flexibility index (Phi) is 7.08. The van der Waals surface area contributed by atoms with E-state index in [1.807, 2.05) is 36.4 Å². The van der Waals surface area contributed by atoms with Crippen molar-refractivity contribution in [1.82, 2.24) is 25.1 Å². The molecule has 0 bridgehead atoms. The molecule has 3 aromatic carbocycles. The van der Waals surface area contributed by atoms with E-state index >= 15 is 4.39 Å². The van der Waals surface area contributed by atoms with E-state index in [9.17, 15) is 13.2 Å². The van der Waals surface area contributed by atoms with Crippen LogP contribution >= 0.6 is 0 Å². The number of benzene rings is 3. The smallest absolute Gasteiger partial charge is 0.420 e. The molecule has 5 aromatic rings. The molecule has 1 N–H and O–H groups in total. The van der Waals surface area contributed by atoms with Gasteiger partial charge in [0.15, 0.2) is 11.4 Å². The van der Waals surface area contributed by atoms with Gasteiger partial charge in [-0.2, -0.15) is 13.2 Å². The molecule has 0 unspecified atom stereocenters. The molecular weight excluding hydrogens is 538 g/mol. The molecule has 1 aliphatic rings. The van der Waals surface area contributed by atoms with Crippen molar-refractivity contribution in [1.29, 1.82) is 0 Å². The Morgan fingerprint density at radius 1 is 1.10 bits per heavy atom. The second-order valence-electron chi connectivity index (χ2n) is 10.2. The number of methoxy groups -OCH3 is 1. The SMILES string of the molecule is COCCNCc1cc(C(F)(F)F)c2oc(-c3c(F)c(C4CC4)cc(-c4ccccc4)c3-c3nncn3C)nc2c1. The molecule has 6 rings (SSSR count). The van der Waals surface area contributed by atoms with E-state index in [0.29, 0.717) is 41.2 Å². The minimum atomic E-state index is -4.71. The van der Waals surface area contributed by atoms with Gasteiger partial charge in [-0.15, -0.1) is 10.2 Å². The minimum Gasteiger partial charge on any atom is -0.435 e. The highest BCUT2D eigenvalue weighted by atomic mass is 19.4. The summed E-state index contributed by atoms with van der Waals surface area (Å²) >= 11 is 0. The quantitative estimate of drug-likeness (QED) is 0.158. The van der Waals surface area contributed by atoms with Gasteiger partial charge in [-0.05, 0) is 59.2 Å². The van der Waals surface area contributed by atoms with Crippen molar-refractivity contribution in [3.63, 3.8) is 0 Å². The van der Waals surface area contributed by atoms with Crippen LogP contribution < -0.4 is 5.32 Å². The van der Waals surface area contributed by atoms with Crippen molar-refractivity contribution >= 4 is 11.1 Å². The van der Waals surface area contributed by atoms with Gasteiger partial charge in [0, 0.05) is 32.8 Å². The molecule has 1 saturated carbocycles. The van der Waals surface area contributed by atoms with Gasteiger partial charge in [0.2, 0.25) is 5.89 Å². The molecule has 2 heterocycles. The van der Waals surface area contributed by atoms with Gasteiger partial charge in [-0.1, -0.05) is 30.3 Å². The number of aromatic nitrogens is 4. The molecule has 2 aromatic heterocycles. The maximum atomic E-state index is 16.5. The molecular formula is C30H27F4N5O2. The fourth-order valence-electron chi connectivity index (χ4n) is 5.08. The number of nitrogens with zero attached hydrogens (tertiary/aromatic N) is 4. The highest BCUT2D eigenvalue weighted by molar-refractivity contribution is 5.93. The molecule has 0 amide bonds. The van der Waals surface area contributed by atoms with Gasteiger partial charge in [-0.3, -0.25) is 0 Å². The number of oxazole rings is 1. The monoisotopic (exact) mass is 565 g/mol. The average molecular weight is 566 g/mol. The molecule has 0 spiro atoms. The first-order valence-corrected chi connectivity index (χ1v) is 13.2. The second-order valence-corrected chi connectivity index (χ2v) is 10.2. The number of hydrogen-bond acceptors (Lipinski definition) is 6. The highest BCUT2D eigenvalue weighted by Gasteiger charge is 2.37. The second kappa shape index (κ2) is 10.7. The van der Waals surface area contributed by atoms with Crippen molar-refractivity contribution in [2.45, 2.75) is 31.5 Å². The van der Waals surface area contributed by atoms with E-state index in [4.69, 9.17) is 9.15 Å². The van der Waals surface area contributed by atoms with Crippen molar-refractivity contribution < 1.29 is 26.7 Å². The largest absolute Gasteiger partial charge is 0.435 e. The van der Waals surface area contributed by atoms with Gasteiger partial charge in [-0.25, -0.2) is 9.37 Å². The highest BCUT2D eigenvalue weighted by Crippen LogP contribution is 2.49. The third kappa shape index (κ3) is 5.22. The molecule has 0 atom stereocenters. The van der Waals surface area contributed by atoms with Crippen LogP contribution in [0.25, 0.3) is 45.1 Å². The zero-order chi connectivity index (χ0) is 28.7. The Hall–Kier alpha value is -4.09. The van der Waals surface area contributed by atoms with Crippen molar-refractivity contribution in [2.24, 2.45) is 7.05 Å². The molecule has 7 nitrogen and oxygen atoms in total. The fourth-order valence-corrected chi connectivity index (χ4v) is 5.08. The summed E-state index contributed by atoms with van der Waals surface area (Å²) in [7, 11) is 3.26. The minimum absolute atomic E-state index is 0.00431. The first-order valence-electron chi connectivity index (χ1n) is 13.2. The average Bonchev–Trinajstić information content (AvgIpc) is 3.57. The predicted molar refractivity (Wildman–Crippen MR) is 145 cm³/mol. The maximum Gasteiger partial charge on any atom is 0.420 e. The van der Waals surface area contributed by atoms with Crippen LogP contribution in [0.4, 0.5) is 17.6 Å². The van der Waals surface area contributed by atoms with Crippen LogP contribution in [0, 0.1) is 5.82 Å². The van der Waals surface area contributed by atoms with Crippen LogP contribution in [-0.4, -0.2) is 40.0 Å². The number of hydrogen-bond donors (Lipinski definition) is 1. The summed E-state index contributed by atoms with van der Waals surface area (Å²) < 4.78 is 71.7. The molecule has 0 saturated heterocycles. The van der Waals surface area contributed by atoms with Crippen molar-refractivity contribution in [2.75, 3.05) is 20.3 Å². The maximum absolute atomic E-state index is 16.5. The predicted octanol–water partition coefficient (Wildman–Crippen LogP) is 6.73. The van der Waals surface area contributed by atoms with Crippen LogP contribution in [0.2, 0.25) is 0 Å². The summed E-state index contributed by atoms with van der Waals surface area (Å²) in [6, 6.07) is 13.8. The Labute approximate surface area is 233 Å².